The summed E-state index contributed by atoms with van der Waals surface area (Å²) in [7, 11) is 0. The summed E-state index contributed by atoms with van der Waals surface area (Å²) in [6, 6.07) is 25.9. The van der Waals surface area contributed by atoms with Crippen molar-refractivity contribution in [3.63, 3.8) is 0 Å². The van der Waals surface area contributed by atoms with Crippen molar-refractivity contribution in [2.24, 2.45) is 0 Å². The minimum Gasteiger partial charge on any atom is -0.490 e. The summed E-state index contributed by atoms with van der Waals surface area (Å²) >= 11 is 0. The zero-order chi connectivity index (χ0) is 21.0. The minimum atomic E-state index is -0.387. The van der Waals surface area contributed by atoms with Crippen molar-refractivity contribution in [3.05, 3.63) is 96.1 Å². The number of benzene rings is 3. The molecule has 0 atom stereocenters. The molecule has 0 aliphatic heterocycles. The summed E-state index contributed by atoms with van der Waals surface area (Å²) in [6.07, 6.45) is 0.907. The Balaban J connectivity index is 1.35. The molecule has 0 radical (unpaired) electrons. The zero-order valence-electron chi connectivity index (χ0n) is 16.5. The van der Waals surface area contributed by atoms with Crippen LogP contribution >= 0.6 is 0 Å². The van der Waals surface area contributed by atoms with E-state index in [9.17, 15) is 9.59 Å². The van der Waals surface area contributed by atoms with Gasteiger partial charge in [0.2, 0.25) is 5.91 Å². The van der Waals surface area contributed by atoms with E-state index < -0.39 is 0 Å². The Bertz CT molecular complexity index is 928. The van der Waals surface area contributed by atoms with Gasteiger partial charge in [-0.3, -0.25) is 20.4 Å². The van der Waals surface area contributed by atoms with Gasteiger partial charge in [-0.05, 0) is 48.4 Å². The Morgan fingerprint density at radius 2 is 1.23 bits per heavy atom. The smallest absolute Gasteiger partial charge is 0.269 e. The number of carbonyl (C=O) groups is 2. The number of rotatable bonds is 9. The molecule has 0 bridgehead atoms. The quantitative estimate of drug-likeness (QED) is 0.423. The lowest BCUT2D eigenvalue weighted by Gasteiger charge is -2.10. The van der Waals surface area contributed by atoms with Crippen LogP contribution in [0.2, 0.25) is 0 Å². The molecule has 3 rings (SSSR count). The second-order valence-electron chi connectivity index (χ2n) is 6.52. The Kier molecular flexibility index (Phi) is 7.85. The zero-order valence-corrected chi connectivity index (χ0v) is 16.5. The molecule has 0 saturated heterocycles. The molecule has 6 nitrogen and oxygen atoms in total. The lowest BCUT2D eigenvalue weighted by Crippen LogP contribution is -2.41. The molecular formula is C24H24N2O4. The number of para-hydroxylation sites is 1. The van der Waals surface area contributed by atoms with E-state index in [-0.39, 0.29) is 11.8 Å². The summed E-state index contributed by atoms with van der Waals surface area (Å²) in [5, 5.41) is 0. The van der Waals surface area contributed by atoms with Gasteiger partial charge in [0.05, 0.1) is 0 Å². The monoisotopic (exact) mass is 404 g/mol. The van der Waals surface area contributed by atoms with Crippen LogP contribution in [0, 0.1) is 0 Å². The summed E-state index contributed by atoms with van der Waals surface area (Å²) < 4.78 is 11.2. The Morgan fingerprint density at radius 1 is 0.667 bits per heavy atom. The molecule has 0 spiro atoms. The lowest BCUT2D eigenvalue weighted by molar-refractivity contribution is -0.121. The van der Waals surface area contributed by atoms with Gasteiger partial charge in [-0.2, -0.15) is 0 Å². The molecule has 0 unspecified atom stereocenters. The van der Waals surface area contributed by atoms with Crippen LogP contribution in [0.3, 0.4) is 0 Å². The number of ether oxygens (including phenoxy) is 2. The van der Waals surface area contributed by atoms with Crippen molar-refractivity contribution < 1.29 is 19.1 Å². The summed E-state index contributed by atoms with van der Waals surface area (Å²) in [6.45, 7) is 0.805. The van der Waals surface area contributed by atoms with Gasteiger partial charge in [0.15, 0.2) is 0 Å². The van der Waals surface area contributed by atoms with Crippen LogP contribution in [0.5, 0.6) is 11.5 Å². The lowest BCUT2D eigenvalue weighted by atomic mass is 10.1. The van der Waals surface area contributed by atoms with E-state index in [0.29, 0.717) is 37.4 Å². The molecule has 3 aromatic carbocycles. The third-order valence-electron chi connectivity index (χ3n) is 4.28. The van der Waals surface area contributed by atoms with Crippen LogP contribution in [0.25, 0.3) is 0 Å². The fourth-order valence-corrected chi connectivity index (χ4v) is 2.70. The predicted octanol–water partition coefficient (Wildman–Crippen LogP) is 3.54. The highest BCUT2D eigenvalue weighted by molar-refractivity contribution is 5.95. The number of aryl methyl sites for hydroxylation is 1. The maximum atomic E-state index is 12.2. The van der Waals surface area contributed by atoms with E-state index in [1.807, 2.05) is 60.7 Å². The van der Waals surface area contributed by atoms with Crippen molar-refractivity contribution in [2.75, 3.05) is 13.2 Å². The van der Waals surface area contributed by atoms with E-state index in [4.69, 9.17) is 9.47 Å². The maximum Gasteiger partial charge on any atom is 0.269 e. The fraction of sp³-hybridized carbons (Fsp3) is 0.167. The van der Waals surface area contributed by atoms with Gasteiger partial charge in [-0.25, -0.2) is 0 Å². The average Bonchev–Trinajstić information content (AvgIpc) is 2.80. The highest BCUT2D eigenvalue weighted by Crippen LogP contribution is 2.13. The second-order valence-corrected chi connectivity index (χ2v) is 6.52. The van der Waals surface area contributed by atoms with E-state index in [0.717, 1.165) is 11.3 Å². The minimum absolute atomic E-state index is 0.245. The van der Waals surface area contributed by atoms with Crippen molar-refractivity contribution in [1.29, 1.82) is 0 Å². The Labute approximate surface area is 175 Å². The van der Waals surface area contributed by atoms with Crippen LogP contribution in [-0.2, 0) is 11.2 Å². The number of hydrogen-bond acceptors (Lipinski definition) is 4. The molecule has 2 N–H and O–H groups in total. The number of hydrazine groups is 1. The highest BCUT2D eigenvalue weighted by atomic mass is 16.5. The first kappa shape index (κ1) is 20.9. The summed E-state index contributed by atoms with van der Waals surface area (Å²) in [4.78, 5) is 24.1. The van der Waals surface area contributed by atoms with Crippen molar-refractivity contribution in [2.45, 2.75) is 12.8 Å². The molecule has 0 saturated carbocycles. The van der Waals surface area contributed by atoms with Gasteiger partial charge >= 0.3 is 0 Å². The average molecular weight is 404 g/mol. The van der Waals surface area contributed by atoms with E-state index in [1.165, 1.54) is 0 Å². The first-order valence-electron chi connectivity index (χ1n) is 9.74. The van der Waals surface area contributed by atoms with Crippen LogP contribution in [-0.4, -0.2) is 25.0 Å². The van der Waals surface area contributed by atoms with E-state index in [1.54, 1.807) is 24.3 Å². The van der Waals surface area contributed by atoms with E-state index in [2.05, 4.69) is 10.9 Å². The standard InChI is InChI=1S/C24H24N2O4/c27-23(16-11-19-7-3-1-4-8-19)25-26-24(28)20-12-14-22(15-13-20)30-18-17-29-21-9-5-2-6-10-21/h1-10,12-15H,11,16-18H2,(H,25,27)(H,26,28). The maximum absolute atomic E-state index is 12.2. The molecule has 154 valence electrons. The summed E-state index contributed by atoms with van der Waals surface area (Å²) in [5.41, 5.74) is 6.36. The van der Waals surface area contributed by atoms with Crippen LogP contribution < -0.4 is 20.3 Å². The fourth-order valence-electron chi connectivity index (χ4n) is 2.70. The number of nitrogens with one attached hydrogen (secondary N) is 2. The molecular weight excluding hydrogens is 380 g/mol. The molecule has 2 amide bonds. The van der Waals surface area contributed by atoms with E-state index >= 15 is 0 Å². The molecule has 3 aromatic rings. The third-order valence-corrected chi connectivity index (χ3v) is 4.28. The topological polar surface area (TPSA) is 76.7 Å². The number of hydrogen-bond donors (Lipinski definition) is 2. The van der Waals surface area contributed by atoms with Gasteiger partial charge in [0.25, 0.3) is 5.91 Å². The van der Waals surface area contributed by atoms with Gasteiger partial charge in [0.1, 0.15) is 24.7 Å². The van der Waals surface area contributed by atoms with Crippen LogP contribution in [0.1, 0.15) is 22.3 Å². The third kappa shape index (κ3) is 6.98. The first-order valence-corrected chi connectivity index (χ1v) is 9.74. The van der Waals surface area contributed by atoms with Crippen LogP contribution in [0.15, 0.2) is 84.9 Å². The van der Waals surface area contributed by atoms with Gasteiger partial charge in [0, 0.05) is 12.0 Å². The predicted molar refractivity (Wildman–Crippen MR) is 114 cm³/mol. The highest BCUT2D eigenvalue weighted by Gasteiger charge is 2.08. The number of amides is 2. The van der Waals surface area contributed by atoms with Crippen molar-refractivity contribution >= 4 is 11.8 Å². The summed E-state index contributed by atoms with van der Waals surface area (Å²) in [5.74, 6) is 0.793. The molecule has 30 heavy (non-hydrogen) atoms. The molecule has 0 aromatic heterocycles. The molecule has 0 heterocycles. The largest absolute Gasteiger partial charge is 0.490 e. The first-order chi connectivity index (χ1) is 14.7. The molecule has 0 aliphatic carbocycles. The number of carbonyl (C=O) groups excluding carboxylic acids is 2. The Hall–Kier alpha value is -3.80. The second kappa shape index (κ2) is 11.3. The normalized spacial score (nSPS) is 10.1. The van der Waals surface area contributed by atoms with Crippen molar-refractivity contribution in [3.8, 4) is 11.5 Å². The van der Waals surface area contributed by atoms with Crippen molar-refractivity contribution in [1.82, 2.24) is 10.9 Å². The van der Waals surface area contributed by atoms with Gasteiger partial charge in [-0.1, -0.05) is 48.5 Å². The van der Waals surface area contributed by atoms with Gasteiger partial charge in [-0.15, -0.1) is 0 Å². The Morgan fingerprint density at radius 3 is 1.87 bits per heavy atom. The SMILES string of the molecule is O=C(CCc1ccccc1)NNC(=O)c1ccc(OCCOc2ccccc2)cc1. The molecule has 0 aliphatic rings. The molecule has 6 heteroatoms. The van der Waals surface area contributed by atoms with Gasteiger partial charge < -0.3 is 9.47 Å². The van der Waals surface area contributed by atoms with Crippen LogP contribution in [0.4, 0.5) is 0 Å². The molecule has 0 fully saturated rings.